The second-order valence-corrected chi connectivity index (χ2v) is 4.55. The summed E-state index contributed by atoms with van der Waals surface area (Å²) in [6.45, 7) is 1.92. The molecule has 23 heavy (non-hydrogen) atoms. The normalized spacial score (nSPS) is 9.96. The van der Waals surface area contributed by atoms with Gasteiger partial charge in [0.15, 0.2) is 6.61 Å². The van der Waals surface area contributed by atoms with Crippen molar-refractivity contribution >= 4 is 23.0 Å². The summed E-state index contributed by atoms with van der Waals surface area (Å²) in [4.78, 5) is 21.3. The third-order valence-electron chi connectivity index (χ3n) is 2.88. The number of benzene rings is 2. The van der Waals surface area contributed by atoms with Gasteiger partial charge in [0, 0.05) is 23.5 Å². The fourth-order valence-electron chi connectivity index (χ4n) is 1.81. The molecule has 0 spiro atoms. The van der Waals surface area contributed by atoms with E-state index >= 15 is 0 Å². The molecule has 0 heterocycles. The highest BCUT2D eigenvalue weighted by Gasteiger charge is 2.05. The van der Waals surface area contributed by atoms with Crippen molar-refractivity contribution in [3.8, 4) is 5.75 Å². The molecule has 1 N–H and O–H groups in total. The Morgan fingerprint density at radius 1 is 1.09 bits per heavy atom. The number of anilines is 2. The first kappa shape index (κ1) is 16.3. The Morgan fingerprint density at radius 3 is 2.17 bits per heavy atom. The monoisotopic (exact) mass is 316 g/mol. The fraction of sp³-hybridized carbons (Fsp3) is 0.188. The van der Waals surface area contributed by atoms with E-state index in [0.29, 0.717) is 12.4 Å². The second-order valence-electron chi connectivity index (χ2n) is 4.55. The minimum Gasteiger partial charge on any atom is -0.482 e. The van der Waals surface area contributed by atoms with Crippen LogP contribution in [0.1, 0.15) is 6.92 Å². The summed E-state index contributed by atoms with van der Waals surface area (Å²) in [5.74, 6) is 0.132. The van der Waals surface area contributed by atoms with Crippen LogP contribution in [0, 0.1) is 10.1 Å². The Bertz CT molecular complexity index is 668. The molecule has 0 atom stereocenters. The zero-order valence-electron chi connectivity index (χ0n) is 12.5. The maximum Gasteiger partial charge on any atom is 0.344 e. The number of ether oxygens (including phenoxy) is 2. The lowest BCUT2D eigenvalue weighted by molar-refractivity contribution is -0.384. The molecule has 0 aliphatic rings. The summed E-state index contributed by atoms with van der Waals surface area (Å²) in [7, 11) is 0. The summed E-state index contributed by atoms with van der Waals surface area (Å²) in [5, 5.41) is 13.7. The Hall–Kier alpha value is -3.09. The van der Waals surface area contributed by atoms with Crippen LogP contribution < -0.4 is 10.1 Å². The van der Waals surface area contributed by atoms with Gasteiger partial charge in [-0.2, -0.15) is 0 Å². The first-order chi connectivity index (χ1) is 11.1. The first-order valence-electron chi connectivity index (χ1n) is 6.98. The molecule has 0 aliphatic heterocycles. The minimum absolute atomic E-state index is 0.0401. The molecule has 0 unspecified atom stereocenters. The number of carbonyl (C=O) groups excluding carboxylic acids is 1. The van der Waals surface area contributed by atoms with Crippen LogP contribution in [-0.2, 0) is 9.53 Å². The van der Waals surface area contributed by atoms with E-state index in [4.69, 9.17) is 9.47 Å². The van der Waals surface area contributed by atoms with Crippen LogP contribution in [0.5, 0.6) is 5.75 Å². The average Bonchev–Trinajstić information content (AvgIpc) is 2.55. The lowest BCUT2D eigenvalue weighted by atomic mass is 10.2. The van der Waals surface area contributed by atoms with Gasteiger partial charge in [-0.3, -0.25) is 10.1 Å². The highest BCUT2D eigenvalue weighted by molar-refractivity contribution is 5.71. The molecule has 0 bridgehead atoms. The van der Waals surface area contributed by atoms with Gasteiger partial charge in [0.2, 0.25) is 0 Å². The largest absolute Gasteiger partial charge is 0.482 e. The van der Waals surface area contributed by atoms with Crippen molar-refractivity contribution in [3.05, 3.63) is 58.6 Å². The Kier molecular flexibility index (Phi) is 5.51. The Balaban J connectivity index is 1.91. The Morgan fingerprint density at radius 2 is 1.65 bits per heavy atom. The van der Waals surface area contributed by atoms with E-state index in [1.807, 2.05) is 0 Å². The fourth-order valence-corrected chi connectivity index (χ4v) is 1.81. The van der Waals surface area contributed by atoms with E-state index in [1.165, 1.54) is 12.1 Å². The van der Waals surface area contributed by atoms with Crippen LogP contribution in [0.3, 0.4) is 0 Å². The molecule has 0 radical (unpaired) electrons. The van der Waals surface area contributed by atoms with Crippen LogP contribution in [-0.4, -0.2) is 24.1 Å². The molecule has 2 aromatic rings. The van der Waals surface area contributed by atoms with Gasteiger partial charge in [0.05, 0.1) is 11.5 Å². The summed E-state index contributed by atoms with van der Waals surface area (Å²) >= 11 is 0. The van der Waals surface area contributed by atoms with Gasteiger partial charge in [-0.15, -0.1) is 0 Å². The van der Waals surface area contributed by atoms with E-state index in [1.54, 1.807) is 43.3 Å². The molecule has 0 amide bonds. The van der Waals surface area contributed by atoms with Gasteiger partial charge in [0.1, 0.15) is 5.75 Å². The molecule has 0 fully saturated rings. The molecule has 0 saturated carbocycles. The SMILES string of the molecule is CCOC(=O)COc1ccc(Nc2ccc([N+](=O)[O-])cc2)cc1. The van der Waals surface area contributed by atoms with Crippen LogP contribution in [0.25, 0.3) is 0 Å². The molecular weight excluding hydrogens is 300 g/mol. The van der Waals surface area contributed by atoms with Gasteiger partial charge in [-0.25, -0.2) is 4.79 Å². The van der Waals surface area contributed by atoms with Crippen LogP contribution >= 0.6 is 0 Å². The van der Waals surface area contributed by atoms with Crippen molar-refractivity contribution in [1.82, 2.24) is 0 Å². The van der Waals surface area contributed by atoms with E-state index < -0.39 is 10.9 Å². The molecule has 7 nitrogen and oxygen atoms in total. The molecule has 0 aliphatic carbocycles. The van der Waals surface area contributed by atoms with Gasteiger partial charge in [-0.1, -0.05) is 0 Å². The zero-order valence-corrected chi connectivity index (χ0v) is 12.5. The number of nitro groups is 1. The van der Waals surface area contributed by atoms with Gasteiger partial charge in [0.25, 0.3) is 5.69 Å². The van der Waals surface area contributed by atoms with Crippen molar-refractivity contribution in [3.63, 3.8) is 0 Å². The average molecular weight is 316 g/mol. The lowest BCUT2D eigenvalue weighted by Crippen LogP contribution is -2.14. The van der Waals surface area contributed by atoms with Gasteiger partial charge < -0.3 is 14.8 Å². The molecule has 0 saturated heterocycles. The number of rotatable bonds is 7. The quantitative estimate of drug-likeness (QED) is 0.479. The van der Waals surface area contributed by atoms with E-state index in [9.17, 15) is 14.9 Å². The predicted octanol–water partition coefficient (Wildman–Crippen LogP) is 3.28. The van der Waals surface area contributed by atoms with Crippen molar-refractivity contribution in [2.45, 2.75) is 6.92 Å². The minimum atomic E-state index is -0.445. The topological polar surface area (TPSA) is 90.7 Å². The third kappa shape index (κ3) is 4.99. The predicted molar refractivity (Wildman–Crippen MR) is 84.9 cm³/mol. The van der Waals surface area contributed by atoms with Crippen LogP contribution in [0.2, 0.25) is 0 Å². The molecule has 0 aromatic heterocycles. The van der Waals surface area contributed by atoms with Crippen LogP contribution in [0.4, 0.5) is 17.1 Å². The number of hydrogen-bond donors (Lipinski definition) is 1. The summed E-state index contributed by atoms with van der Waals surface area (Å²) in [6.07, 6.45) is 0. The number of non-ortho nitro benzene ring substituents is 1. The van der Waals surface area contributed by atoms with Gasteiger partial charge in [-0.05, 0) is 43.3 Å². The number of esters is 1. The number of carbonyl (C=O) groups is 1. The molecule has 2 rings (SSSR count). The van der Waals surface area contributed by atoms with Gasteiger partial charge >= 0.3 is 5.97 Å². The maximum atomic E-state index is 11.2. The van der Waals surface area contributed by atoms with E-state index in [-0.39, 0.29) is 12.3 Å². The van der Waals surface area contributed by atoms with Crippen LogP contribution in [0.15, 0.2) is 48.5 Å². The number of nitrogens with one attached hydrogen (secondary N) is 1. The smallest absolute Gasteiger partial charge is 0.344 e. The lowest BCUT2D eigenvalue weighted by Gasteiger charge is -2.08. The summed E-state index contributed by atoms with van der Waals surface area (Å²) in [6, 6.07) is 13.1. The van der Waals surface area contributed by atoms with Crippen molar-refractivity contribution in [1.29, 1.82) is 0 Å². The Labute approximate surface area is 133 Å². The number of hydrogen-bond acceptors (Lipinski definition) is 6. The number of nitro benzene ring substituents is 1. The first-order valence-corrected chi connectivity index (χ1v) is 6.98. The highest BCUT2D eigenvalue weighted by Crippen LogP contribution is 2.22. The summed E-state index contributed by atoms with van der Waals surface area (Å²) < 4.78 is 10.1. The van der Waals surface area contributed by atoms with Crippen molar-refractivity contribution < 1.29 is 19.2 Å². The number of nitrogens with zero attached hydrogens (tertiary/aromatic N) is 1. The second kappa shape index (κ2) is 7.79. The zero-order chi connectivity index (χ0) is 16.7. The van der Waals surface area contributed by atoms with E-state index in [0.717, 1.165) is 11.4 Å². The van der Waals surface area contributed by atoms with Crippen molar-refractivity contribution in [2.75, 3.05) is 18.5 Å². The standard InChI is InChI=1S/C16H16N2O5/c1-2-22-16(19)11-23-15-9-5-13(6-10-15)17-12-3-7-14(8-4-12)18(20)21/h3-10,17H,2,11H2,1H3. The molecule has 2 aromatic carbocycles. The molecule has 120 valence electrons. The third-order valence-corrected chi connectivity index (χ3v) is 2.88. The summed E-state index contributed by atoms with van der Waals surface area (Å²) in [5.41, 5.74) is 1.57. The maximum absolute atomic E-state index is 11.2. The van der Waals surface area contributed by atoms with Crippen molar-refractivity contribution in [2.24, 2.45) is 0 Å². The molecule has 7 heteroatoms. The molecular formula is C16H16N2O5. The van der Waals surface area contributed by atoms with E-state index in [2.05, 4.69) is 5.32 Å². The highest BCUT2D eigenvalue weighted by atomic mass is 16.6.